The zero-order valence-electron chi connectivity index (χ0n) is 5.98. The third kappa shape index (κ3) is 1.91. The topological polar surface area (TPSA) is 35.2 Å². The number of hydrogen-bond donors (Lipinski definition) is 1. The van der Waals surface area contributed by atoms with Gasteiger partial charge in [-0.1, -0.05) is 11.6 Å². The summed E-state index contributed by atoms with van der Waals surface area (Å²) in [4.78, 5) is 4.18. The molecule has 0 saturated carbocycles. The van der Waals surface area contributed by atoms with Gasteiger partial charge < -0.3 is 0 Å². The summed E-state index contributed by atoms with van der Waals surface area (Å²) in [6.45, 7) is -0.133. The summed E-state index contributed by atoms with van der Waals surface area (Å²) in [7, 11) is 0. The van der Waals surface area contributed by atoms with Crippen LogP contribution in [0.2, 0.25) is 5.02 Å². The fourth-order valence-electron chi connectivity index (χ4n) is 0.764. The van der Waals surface area contributed by atoms with E-state index in [1.807, 2.05) is 0 Å². The van der Waals surface area contributed by atoms with Gasteiger partial charge in [-0.3, -0.25) is 4.84 Å². The summed E-state index contributed by atoms with van der Waals surface area (Å²) in [5, 5.41) is -0.150. The highest BCUT2D eigenvalue weighted by Gasteiger charge is 2.07. The molecule has 0 aliphatic heterocycles. The first-order valence-electron chi connectivity index (χ1n) is 3.10. The Kier molecular flexibility index (Phi) is 2.97. The average molecular weight is 194 g/mol. The first kappa shape index (κ1) is 9.38. The van der Waals surface area contributed by atoms with Crippen LogP contribution in [0.3, 0.4) is 0 Å². The predicted octanol–water partition coefficient (Wildman–Crippen LogP) is 2.01. The molecule has 0 bridgehead atoms. The normalized spacial score (nSPS) is 10.3. The van der Waals surface area contributed by atoms with Crippen LogP contribution in [0.4, 0.5) is 8.78 Å². The molecule has 5 heteroatoms. The van der Waals surface area contributed by atoms with Crippen LogP contribution in [0.1, 0.15) is 5.56 Å². The number of rotatable bonds is 2. The van der Waals surface area contributed by atoms with Crippen molar-refractivity contribution in [2.75, 3.05) is 0 Å². The standard InChI is InChI=1S/C7H6ClF2NO/c8-5-1-4(3-12-11)6(9)2-7(5)10/h1-2H,3,11H2. The summed E-state index contributed by atoms with van der Waals surface area (Å²) in [6, 6.07) is 1.83. The Labute approximate surface area is 72.8 Å². The van der Waals surface area contributed by atoms with Crippen molar-refractivity contribution in [2.24, 2.45) is 5.90 Å². The molecule has 0 amide bonds. The molecule has 0 aromatic heterocycles. The minimum absolute atomic E-state index is 0.129. The highest BCUT2D eigenvalue weighted by atomic mass is 35.5. The number of nitrogens with two attached hydrogens (primary N) is 1. The van der Waals surface area contributed by atoms with Crippen molar-refractivity contribution in [1.82, 2.24) is 0 Å². The van der Waals surface area contributed by atoms with Gasteiger partial charge >= 0.3 is 0 Å². The van der Waals surface area contributed by atoms with Crippen molar-refractivity contribution in [3.05, 3.63) is 34.4 Å². The van der Waals surface area contributed by atoms with E-state index >= 15 is 0 Å². The SMILES string of the molecule is NOCc1cc(Cl)c(F)cc1F. The Balaban J connectivity index is 3.05. The fourth-order valence-corrected chi connectivity index (χ4v) is 0.950. The molecule has 0 saturated heterocycles. The van der Waals surface area contributed by atoms with Crippen LogP contribution in [0.25, 0.3) is 0 Å². The second-order valence-electron chi connectivity index (χ2n) is 2.17. The lowest BCUT2D eigenvalue weighted by atomic mass is 10.2. The van der Waals surface area contributed by atoms with Crippen molar-refractivity contribution in [3.8, 4) is 0 Å². The van der Waals surface area contributed by atoms with Gasteiger partial charge in [-0.25, -0.2) is 14.7 Å². The van der Waals surface area contributed by atoms with Crippen molar-refractivity contribution in [1.29, 1.82) is 0 Å². The zero-order valence-corrected chi connectivity index (χ0v) is 6.74. The van der Waals surface area contributed by atoms with Gasteiger partial charge in [-0.15, -0.1) is 0 Å². The lowest BCUT2D eigenvalue weighted by Gasteiger charge is -2.02. The highest BCUT2D eigenvalue weighted by molar-refractivity contribution is 6.30. The maximum atomic E-state index is 12.8. The van der Waals surface area contributed by atoms with Gasteiger partial charge in [-0.2, -0.15) is 0 Å². The van der Waals surface area contributed by atoms with E-state index in [-0.39, 0.29) is 17.2 Å². The highest BCUT2D eigenvalue weighted by Crippen LogP contribution is 2.19. The third-order valence-electron chi connectivity index (χ3n) is 1.33. The van der Waals surface area contributed by atoms with E-state index < -0.39 is 11.6 Å². The summed E-state index contributed by atoms with van der Waals surface area (Å²) in [5.74, 6) is 3.20. The van der Waals surface area contributed by atoms with Crippen LogP contribution >= 0.6 is 11.6 Å². The van der Waals surface area contributed by atoms with Gasteiger partial charge in [0, 0.05) is 11.6 Å². The second-order valence-corrected chi connectivity index (χ2v) is 2.58. The van der Waals surface area contributed by atoms with E-state index in [1.54, 1.807) is 0 Å². The molecule has 0 heterocycles. The molecule has 2 N–H and O–H groups in total. The van der Waals surface area contributed by atoms with E-state index in [1.165, 1.54) is 0 Å². The minimum atomic E-state index is -0.796. The lowest BCUT2D eigenvalue weighted by molar-refractivity contribution is 0.121. The Morgan fingerprint density at radius 1 is 1.33 bits per heavy atom. The van der Waals surface area contributed by atoms with E-state index in [9.17, 15) is 8.78 Å². The number of benzene rings is 1. The Bertz CT molecular complexity index is 293. The Hall–Kier alpha value is -0.710. The average Bonchev–Trinajstić information content (AvgIpc) is 2.01. The molecule has 1 rings (SSSR count). The number of halogens is 3. The van der Waals surface area contributed by atoms with Crippen LogP contribution in [0, 0.1) is 11.6 Å². The van der Waals surface area contributed by atoms with Crippen molar-refractivity contribution in [2.45, 2.75) is 6.61 Å². The Morgan fingerprint density at radius 3 is 2.58 bits per heavy atom. The fraction of sp³-hybridized carbons (Fsp3) is 0.143. The maximum Gasteiger partial charge on any atom is 0.144 e. The zero-order chi connectivity index (χ0) is 9.14. The molecule has 0 unspecified atom stereocenters. The summed E-state index contributed by atoms with van der Waals surface area (Å²) < 4.78 is 25.3. The molecular weight excluding hydrogens is 188 g/mol. The van der Waals surface area contributed by atoms with E-state index in [0.717, 1.165) is 6.07 Å². The predicted molar refractivity (Wildman–Crippen MR) is 40.3 cm³/mol. The molecule has 12 heavy (non-hydrogen) atoms. The van der Waals surface area contributed by atoms with Crippen LogP contribution in [0.15, 0.2) is 12.1 Å². The summed E-state index contributed by atoms with van der Waals surface area (Å²) in [6.07, 6.45) is 0. The van der Waals surface area contributed by atoms with E-state index in [4.69, 9.17) is 17.5 Å². The molecule has 0 fully saturated rings. The van der Waals surface area contributed by atoms with Crippen LogP contribution in [-0.4, -0.2) is 0 Å². The van der Waals surface area contributed by atoms with Gasteiger partial charge in [0.1, 0.15) is 11.6 Å². The van der Waals surface area contributed by atoms with Gasteiger partial charge in [0.25, 0.3) is 0 Å². The molecule has 66 valence electrons. The molecular formula is C7H6ClF2NO. The quantitative estimate of drug-likeness (QED) is 0.576. The van der Waals surface area contributed by atoms with Crippen molar-refractivity contribution >= 4 is 11.6 Å². The minimum Gasteiger partial charge on any atom is -0.300 e. The van der Waals surface area contributed by atoms with Crippen LogP contribution < -0.4 is 5.90 Å². The van der Waals surface area contributed by atoms with Gasteiger partial charge in [-0.05, 0) is 6.07 Å². The summed E-state index contributed by atoms with van der Waals surface area (Å²) in [5.41, 5.74) is 0.129. The molecule has 0 radical (unpaired) electrons. The molecule has 0 aliphatic rings. The largest absolute Gasteiger partial charge is 0.300 e. The molecule has 0 spiro atoms. The molecule has 2 nitrogen and oxygen atoms in total. The third-order valence-corrected chi connectivity index (χ3v) is 1.62. The van der Waals surface area contributed by atoms with Crippen LogP contribution in [0.5, 0.6) is 0 Å². The second kappa shape index (κ2) is 3.80. The molecule has 0 atom stereocenters. The molecule has 0 aliphatic carbocycles. The van der Waals surface area contributed by atoms with Gasteiger partial charge in [0.15, 0.2) is 0 Å². The first-order chi connectivity index (χ1) is 5.65. The Morgan fingerprint density at radius 2 is 2.00 bits per heavy atom. The smallest absolute Gasteiger partial charge is 0.144 e. The van der Waals surface area contributed by atoms with E-state index in [2.05, 4.69) is 4.84 Å². The van der Waals surface area contributed by atoms with E-state index in [0.29, 0.717) is 6.07 Å². The van der Waals surface area contributed by atoms with Crippen molar-refractivity contribution < 1.29 is 13.6 Å². The monoisotopic (exact) mass is 193 g/mol. The van der Waals surface area contributed by atoms with Crippen LogP contribution in [-0.2, 0) is 11.4 Å². The first-order valence-corrected chi connectivity index (χ1v) is 3.48. The van der Waals surface area contributed by atoms with Crippen molar-refractivity contribution in [3.63, 3.8) is 0 Å². The lowest BCUT2D eigenvalue weighted by Crippen LogP contribution is -2.01. The van der Waals surface area contributed by atoms with Gasteiger partial charge in [0.05, 0.1) is 11.6 Å². The van der Waals surface area contributed by atoms with Gasteiger partial charge in [0.2, 0.25) is 0 Å². The molecule has 1 aromatic rings. The summed E-state index contributed by atoms with van der Waals surface area (Å²) >= 11 is 5.38. The number of hydrogen-bond acceptors (Lipinski definition) is 2. The maximum absolute atomic E-state index is 12.8. The molecule has 1 aromatic carbocycles.